The van der Waals surface area contributed by atoms with Crippen molar-refractivity contribution in [2.24, 2.45) is 0 Å². The van der Waals surface area contributed by atoms with E-state index in [4.69, 9.17) is 0 Å². The second-order valence-corrected chi connectivity index (χ2v) is 3.94. The molecule has 2 heterocycles. The number of rotatable bonds is 3. The standard InChI is InChI=1S/C12H15N3O2/c1-2-10-12(17)14-6-7-15(10)11-9(8-16)4-3-5-13-11/h3-5,8,10H,2,6-7H2,1H3,(H,14,17). The summed E-state index contributed by atoms with van der Waals surface area (Å²) in [5, 5.41) is 2.82. The van der Waals surface area contributed by atoms with E-state index in [-0.39, 0.29) is 11.9 Å². The lowest BCUT2D eigenvalue weighted by molar-refractivity contribution is -0.123. The molecule has 1 aliphatic heterocycles. The van der Waals surface area contributed by atoms with Gasteiger partial charge in [-0.1, -0.05) is 6.92 Å². The molecule has 90 valence electrons. The molecular weight excluding hydrogens is 218 g/mol. The number of carbonyl (C=O) groups is 2. The van der Waals surface area contributed by atoms with Gasteiger partial charge >= 0.3 is 0 Å². The van der Waals surface area contributed by atoms with Crippen LogP contribution in [0.1, 0.15) is 23.7 Å². The summed E-state index contributed by atoms with van der Waals surface area (Å²) in [6.45, 7) is 3.22. The van der Waals surface area contributed by atoms with Gasteiger partial charge in [0.2, 0.25) is 5.91 Å². The van der Waals surface area contributed by atoms with Crippen molar-refractivity contribution >= 4 is 18.0 Å². The average molecular weight is 233 g/mol. The highest BCUT2D eigenvalue weighted by Crippen LogP contribution is 2.21. The van der Waals surface area contributed by atoms with E-state index < -0.39 is 0 Å². The summed E-state index contributed by atoms with van der Waals surface area (Å²) in [6, 6.07) is 3.20. The second-order valence-electron chi connectivity index (χ2n) is 3.94. The number of nitrogens with one attached hydrogen (secondary N) is 1. The molecule has 1 saturated heterocycles. The summed E-state index contributed by atoms with van der Waals surface area (Å²) >= 11 is 0. The van der Waals surface area contributed by atoms with E-state index in [9.17, 15) is 9.59 Å². The van der Waals surface area contributed by atoms with E-state index in [0.717, 1.165) is 6.29 Å². The maximum absolute atomic E-state index is 11.7. The third-order valence-corrected chi connectivity index (χ3v) is 2.93. The summed E-state index contributed by atoms with van der Waals surface area (Å²) in [5.41, 5.74) is 0.528. The molecule has 0 radical (unpaired) electrons. The highest BCUT2D eigenvalue weighted by atomic mass is 16.2. The number of hydrogen-bond acceptors (Lipinski definition) is 4. The molecule has 1 unspecified atom stereocenters. The largest absolute Gasteiger partial charge is 0.353 e. The number of anilines is 1. The van der Waals surface area contributed by atoms with Crippen molar-refractivity contribution in [3.63, 3.8) is 0 Å². The summed E-state index contributed by atoms with van der Waals surface area (Å²) in [6.07, 6.45) is 3.11. The van der Waals surface area contributed by atoms with Crippen LogP contribution in [-0.4, -0.2) is 36.3 Å². The lowest BCUT2D eigenvalue weighted by Gasteiger charge is -2.35. The molecular formula is C12H15N3O2. The van der Waals surface area contributed by atoms with Crippen molar-refractivity contribution in [1.82, 2.24) is 10.3 Å². The quantitative estimate of drug-likeness (QED) is 0.777. The van der Waals surface area contributed by atoms with Crippen molar-refractivity contribution < 1.29 is 9.59 Å². The van der Waals surface area contributed by atoms with Gasteiger partial charge in [0.15, 0.2) is 6.29 Å². The molecule has 1 aliphatic rings. The van der Waals surface area contributed by atoms with E-state index in [1.54, 1.807) is 18.3 Å². The Morgan fingerprint density at radius 1 is 1.65 bits per heavy atom. The zero-order valence-electron chi connectivity index (χ0n) is 9.72. The Bertz CT molecular complexity index is 434. The van der Waals surface area contributed by atoms with Crippen molar-refractivity contribution in [3.8, 4) is 0 Å². The van der Waals surface area contributed by atoms with Gasteiger partial charge in [-0.05, 0) is 18.6 Å². The van der Waals surface area contributed by atoms with Gasteiger partial charge < -0.3 is 10.2 Å². The van der Waals surface area contributed by atoms with Gasteiger partial charge in [0.05, 0.1) is 5.56 Å². The first-order valence-corrected chi connectivity index (χ1v) is 5.72. The van der Waals surface area contributed by atoms with Gasteiger partial charge in [-0.3, -0.25) is 9.59 Å². The second kappa shape index (κ2) is 4.95. The molecule has 5 heteroatoms. The number of carbonyl (C=O) groups excluding carboxylic acids is 2. The predicted octanol–water partition coefficient (Wildman–Crippen LogP) is 0.609. The highest BCUT2D eigenvalue weighted by molar-refractivity contribution is 5.89. The molecule has 5 nitrogen and oxygen atoms in total. The van der Waals surface area contributed by atoms with Crippen LogP contribution in [0.2, 0.25) is 0 Å². The normalized spacial score (nSPS) is 19.9. The average Bonchev–Trinajstić information content (AvgIpc) is 2.38. The SMILES string of the molecule is CCC1C(=O)NCCN1c1ncccc1C=O. The van der Waals surface area contributed by atoms with Gasteiger partial charge in [-0.15, -0.1) is 0 Å². The lowest BCUT2D eigenvalue weighted by Crippen LogP contribution is -2.55. The summed E-state index contributed by atoms with van der Waals surface area (Å²) in [4.78, 5) is 28.8. The first-order valence-electron chi connectivity index (χ1n) is 5.72. The smallest absolute Gasteiger partial charge is 0.242 e. The Hall–Kier alpha value is -1.91. The van der Waals surface area contributed by atoms with Crippen molar-refractivity contribution in [2.45, 2.75) is 19.4 Å². The molecule has 0 bridgehead atoms. The number of nitrogens with zero attached hydrogens (tertiary/aromatic N) is 2. The summed E-state index contributed by atoms with van der Waals surface area (Å²) in [5.74, 6) is 0.602. The highest BCUT2D eigenvalue weighted by Gasteiger charge is 2.29. The molecule has 1 N–H and O–H groups in total. The van der Waals surface area contributed by atoms with E-state index in [1.165, 1.54) is 0 Å². The number of aldehydes is 1. The third kappa shape index (κ3) is 2.13. The predicted molar refractivity (Wildman–Crippen MR) is 64.1 cm³/mol. The van der Waals surface area contributed by atoms with Crippen molar-refractivity contribution in [2.75, 3.05) is 18.0 Å². The topological polar surface area (TPSA) is 62.3 Å². The fourth-order valence-electron chi connectivity index (χ4n) is 2.12. The fourth-order valence-corrected chi connectivity index (χ4v) is 2.12. The molecule has 1 amide bonds. The van der Waals surface area contributed by atoms with E-state index in [0.29, 0.717) is 30.9 Å². The van der Waals surface area contributed by atoms with Gasteiger partial charge in [0.1, 0.15) is 11.9 Å². The van der Waals surface area contributed by atoms with Gasteiger partial charge in [0, 0.05) is 19.3 Å². The molecule has 0 aliphatic carbocycles. The summed E-state index contributed by atoms with van der Waals surface area (Å²) in [7, 11) is 0. The van der Waals surface area contributed by atoms with Crippen LogP contribution in [-0.2, 0) is 4.79 Å². The Balaban J connectivity index is 2.36. The monoisotopic (exact) mass is 233 g/mol. The van der Waals surface area contributed by atoms with Gasteiger partial charge in [-0.2, -0.15) is 0 Å². The maximum atomic E-state index is 11.7. The van der Waals surface area contributed by atoms with Crippen LogP contribution in [0.4, 0.5) is 5.82 Å². The lowest BCUT2D eigenvalue weighted by atomic mass is 10.1. The van der Waals surface area contributed by atoms with Crippen LogP contribution < -0.4 is 10.2 Å². The minimum atomic E-state index is -0.239. The Kier molecular flexibility index (Phi) is 3.37. The van der Waals surface area contributed by atoms with Gasteiger partial charge in [0.25, 0.3) is 0 Å². The zero-order valence-corrected chi connectivity index (χ0v) is 9.72. The fraction of sp³-hybridized carbons (Fsp3) is 0.417. The van der Waals surface area contributed by atoms with Crippen LogP contribution in [0, 0.1) is 0 Å². The Labute approximate surface area is 99.8 Å². The first kappa shape index (κ1) is 11.6. The molecule has 1 aromatic heterocycles. The number of hydrogen-bond donors (Lipinski definition) is 1. The number of aromatic nitrogens is 1. The molecule has 2 rings (SSSR count). The molecule has 0 saturated carbocycles. The molecule has 0 spiro atoms. The molecule has 17 heavy (non-hydrogen) atoms. The minimum absolute atomic E-state index is 0.00116. The van der Waals surface area contributed by atoms with E-state index >= 15 is 0 Å². The van der Waals surface area contributed by atoms with E-state index in [2.05, 4.69) is 10.3 Å². The Morgan fingerprint density at radius 3 is 3.18 bits per heavy atom. The minimum Gasteiger partial charge on any atom is -0.353 e. The van der Waals surface area contributed by atoms with Crippen molar-refractivity contribution in [1.29, 1.82) is 0 Å². The van der Waals surface area contributed by atoms with E-state index in [1.807, 2.05) is 11.8 Å². The van der Waals surface area contributed by atoms with Crippen molar-refractivity contribution in [3.05, 3.63) is 23.9 Å². The first-order chi connectivity index (χ1) is 8.27. The zero-order chi connectivity index (χ0) is 12.3. The van der Waals surface area contributed by atoms with Crippen LogP contribution in [0.15, 0.2) is 18.3 Å². The number of amides is 1. The van der Waals surface area contributed by atoms with Crippen LogP contribution in [0.25, 0.3) is 0 Å². The van der Waals surface area contributed by atoms with Gasteiger partial charge in [-0.25, -0.2) is 4.98 Å². The molecule has 0 aromatic carbocycles. The van der Waals surface area contributed by atoms with Crippen LogP contribution >= 0.6 is 0 Å². The molecule has 1 aromatic rings. The number of piperazine rings is 1. The number of pyridine rings is 1. The Morgan fingerprint density at radius 2 is 2.47 bits per heavy atom. The molecule has 1 atom stereocenters. The summed E-state index contributed by atoms with van der Waals surface area (Å²) < 4.78 is 0. The molecule has 1 fully saturated rings. The van der Waals surface area contributed by atoms with Crippen LogP contribution in [0.5, 0.6) is 0 Å². The van der Waals surface area contributed by atoms with Crippen LogP contribution in [0.3, 0.4) is 0 Å². The maximum Gasteiger partial charge on any atom is 0.242 e. The third-order valence-electron chi connectivity index (χ3n) is 2.93.